The van der Waals surface area contributed by atoms with Crippen molar-refractivity contribution < 1.29 is 0 Å². The lowest BCUT2D eigenvalue weighted by Gasteiger charge is -2.21. The van der Waals surface area contributed by atoms with Gasteiger partial charge in [-0.3, -0.25) is 0 Å². The molecule has 1 atom stereocenters. The summed E-state index contributed by atoms with van der Waals surface area (Å²) in [6, 6.07) is 8.74. The van der Waals surface area contributed by atoms with Gasteiger partial charge in [-0.2, -0.15) is 0 Å². The zero-order valence-electron chi connectivity index (χ0n) is 11.4. The van der Waals surface area contributed by atoms with Gasteiger partial charge in [-0.15, -0.1) is 0 Å². The van der Waals surface area contributed by atoms with Crippen molar-refractivity contribution in [2.45, 2.75) is 39.7 Å². The number of nitrogens with two attached hydrogens (primary N) is 1. The van der Waals surface area contributed by atoms with E-state index in [4.69, 9.17) is 5.73 Å². The molecule has 2 heteroatoms. The van der Waals surface area contributed by atoms with Crippen molar-refractivity contribution in [3.05, 3.63) is 35.4 Å². The van der Waals surface area contributed by atoms with Gasteiger partial charge in [-0.1, -0.05) is 43.7 Å². The number of benzene rings is 1. The van der Waals surface area contributed by atoms with Crippen LogP contribution in [0.25, 0.3) is 0 Å². The van der Waals surface area contributed by atoms with E-state index in [1.165, 1.54) is 24.1 Å². The summed E-state index contributed by atoms with van der Waals surface area (Å²) in [4.78, 5) is 2.47. The molecule has 0 aliphatic carbocycles. The molecule has 1 rings (SSSR count). The first kappa shape index (κ1) is 14.2. The van der Waals surface area contributed by atoms with Gasteiger partial charge in [-0.05, 0) is 45.0 Å². The van der Waals surface area contributed by atoms with Gasteiger partial charge in [0.15, 0.2) is 0 Å². The molecule has 0 radical (unpaired) electrons. The van der Waals surface area contributed by atoms with Gasteiger partial charge in [0.1, 0.15) is 0 Å². The Kier molecular flexibility index (Phi) is 6.23. The molecule has 0 amide bonds. The van der Waals surface area contributed by atoms with Crippen LogP contribution in [-0.2, 0) is 0 Å². The van der Waals surface area contributed by atoms with Gasteiger partial charge >= 0.3 is 0 Å². The van der Waals surface area contributed by atoms with E-state index in [2.05, 4.69) is 49.9 Å². The third-order valence-electron chi connectivity index (χ3n) is 3.25. The minimum Gasteiger partial charge on any atom is -0.324 e. The van der Waals surface area contributed by atoms with Crippen molar-refractivity contribution in [2.24, 2.45) is 5.73 Å². The molecule has 0 aliphatic heterocycles. The lowest BCUT2D eigenvalue weighted by molar-refractivity contribution is 0.277. The van der Waals surface area contributed by atoms with Crippen molar-refractivity contribution in [3.63, 3.8) is 0 Å². The van der Waals surface area contributed by atoms with Crippen molar-refractivity contribution in [1.29, 1.82) is 0 Å². The van der Waals surface area contributed by atoms with Crippen LogP contribution in [-0.4, -0.2) is 24.5 Å². The van der Waals surface area contributed by atoms with E-state index in [-0.39, 0.29) is 6.04 Å². The molecule has 1 aromatic carbocycles. The van der Waals surface area contributed by atoms with Crippen LogP contribution in [0.1, 0.15) is 43.9 Å². The monoisotopic (exact) mass is 234 g/mol. The molecule has 0 heterocycles. The maximum Gasteiger partial charge on any atom is 0.0307 e. The second kappa shape index (κ2) is 7.46. The Morgan fingerprint density at radius 3 is 2.29 bits per heavy atom. The number of rotatable bonds is 7. The van der Waals surface area contributed by atoms with E-state index in [1.807, 2.05) is 0 Å². The molecule has 0 fully saturated rings. The van der Waals surface area contributed by atoms with Crippen LogP contribution in [0.4, 0.5) is 0 Å². The van der Waals surface area contributed by atoms with E-state index >= 15 is 0 Å². The minimum absolute atomic E-state index is 0.168. The van der Waals surface area contributed by atoms with Crippen molar-refractivity contribution >= 4 is 0 Å². The summed E-state index contributed by atoms with van der Waals surface area (Å²) in [6.07, 6.45) is 2.25. The van der Waals surface area contributed by atoms with Crippen LogP contribution in [0.15, 0.2) is 24.3 Å². The third kappa shape index (κ3) is 4.88. The highest BCUT2D eigenvalue weighted by Crippen LogP contribution is 2.15. The lowest BCUT2D eigenvalue weighted by Crippen LogP contribution is -2.28. The summed E-state index contributed by atoms with van der Waals surface area (Å²) in [5.41, 5.74) is 8.76. The Morgan fingerprint density at radius 1 is 1.12 bits per heavy atom. The zero-order chi connectivity index (χ0) is 12.7. The molecule has 0 saturated heterocycles. The molecule has 1 aromatic rings. The Bertz CT molecular complexity index is 305. The molecule has 0 bridgehead atoms. The number of nitrogens with zero attached hydrogens (tertiary/aromatic N) is 1. The first-order valence-corrected chi connectivity index (χ1v) is 6.71. The largest absolute Gasteiger partial charge is 0.324 e. The van der Waals surface area contributed by atoms with E-state index in [1.54, 1.807) is 0 Å². The molecule has 96 valence electrons. The van der Waals surface area contributed by atoms with E-state index in [9.17, 15) is 0 Å². The molecule has 17 heavy (non-hydrogen) atoms. The first-order chi connectivity index (χ1) is 8.17. The molecule has 0 spiro atoms. The Morgan fingerprint density at radius 2 is 1.76 bits per heavy atom. The van der Waals surface area contributed by atoms with Crippen molar-refractivity contribution in [3.8, 4) is 0 Å². The van der Waals surface area contributed by atoms with Crippen molar-refractivity contribution in [2.75, 3.05) is 19.6 Å². The fraction of sp³-hybridized carbons (Fsp3) is 0.600. The second-order valence-electron chi connectivity index (χ2n) is 4.74. The predicted octanol–water partition coefficient (Wildman–Crippen LogP) is 3.12. The molecule has 2 N–H and O–H groups in total. The fourth-order valence-corrected chi connectivity index (χ4v) is 2.05. The molecule has 0 saturated carbocycles. The van der Waals surface area contributed by atoms with Crippen LogP contribution >= 0.6 is 0 Å². The maximum atomic E-state index is 6.22. The van der Waals surface area contributed by atoms with Crippen LogP contribution < -0.4 is 5.73 Å². The van der Waals surface area contributed by atoms with Crippen LogP contribution in [0.3, 0.4) is 0 Å². The second-order valence-corrected chi connectivity index (χ2v) is 4.74. The smallest absolute Gasteiger partial charge is 0.0307 e. The summed E-state index contributed by atoms with van der Waals surface area (Å²) in [7, 11) is 0. The van der Waals surface area contributed by atoms with Gasteiger partial charge in [0.05, 0.1) is 0 Å². The zero-order valence-corrected chi connectivity index (χ0v) is 11.4. The molecular formula is C15H26N2. The highest BCUT2D eigenvalue weighted by molar-refractivity contribution is 5.23. The summed E-state index contributed by atoms with van der Waals surface area (Å²) in [5.74, 6) is 0. The minimum atomic E-state index is 0.168. The average molecular weight is 234 g/mol. The highest BCUT2D eigenvalue weighted by atomic mass is 15.1. The molecule has 1 unspecified atom stereocenters. The summed E-state index contributed by atoms with van der Waals surface area (Å²) in [5, 5.41) is 0. The predicted molar refractivity (Wildman–Crippen MR) is 75.1 cm³/mol. The topological polar surface area (TPSA) is 29.3 Å². The number of hydrogen-bond acceptors (Lipinski definition) is 2. The van der Waals surface area contributed by atoms with Crippen LogP contribution in [0.2, 0.25) is 0 Å². The summed E-state index contributed by atoms with van der Waals surface area (Å²) < 4.78 is 0. The van der Waals surface area contributed by atoms with Crippen molar-refractivity contribution in [1.82, 2.24) is 4.90 Å². The summed E-state index contributed by atoms with van der Waals surface area (Å²) in [6.45, 7) is 9.94. The average Bonchev–Trinajstić information content (AvgIpc) is 2.35. The lowest BCUT2D eigenvalue weighted by atomic mass is 10.0. The van der Waals surface area contributed by atoms with E-state index in [0.29, 0.717) is 0 Å². The normalized spacial score (nSPS) is 13.0. The highest BCUT2D eigenvalue weighted by Gasteiger charge is 2.08. The van der Waals surface area contributed by atoms with Gasteiger partial charge in [-0.25, -0.2) is 0 Å². The molecule has 2 nitrogen and oxygen atoms in total. The Labute approximate surface area is 106 Å². The van der Waals surface area contributed by atoms with Crippen LogP contribution in [0.5, 0.6) is 0 Å². The molecule has 0 aromatic heterocycles. The van der Waals surface area contributed by atoms with E-state index < -0.39 is 0 Å². The van der Waals surface area contributed by atoms with Gasteiger partial charge < -0.3 is 10.6 Å². The van der Waals surface area contributed by atoms with Gasteiger partial charge in [0.25, 0.3) is 0 Å². The molecule has 0 aliphatic rings. The maximum absolute atomic E-state index is 6.22. The quantitative estimate of drug-likeness (QED) is 0.785. The Hall–Kier alpha value is -0.860. The van der Waals surface area contributed by atoms with Crippen LogP contribution in [0, 0.1) is 6.92 Å². The Balaban J connectivity index is 2.43. The summed E-state index contributed by atoms with van der Waals surface area (Å²) >= 11 is 0. The standard InChI is InChI=1S/C15H26N2/c1-4-11-17(5-2)12-10-15(16)14-8-6-13(3)7-9-14/h6-9,15H,4-5,10-12,16H2,1-3H3. The third-order valence-corrected chi connectivity index (χ3v) is 3.25. The number of hydrogen-bond donors (Lipinski definition) is 1. The van der Waals surface area contributed by atoms with E-state index in [0.717, 1.165) is 19.5 Å². The molecular weight excluding hydrogens is 208 g/mol. The van der Waals surface area contributed by atoms with Gasteiger partial charge in [0.2, 0.25) is 0 Å². The number of aryl methyl sites for hydroxylation is 1. The van der Waals surface area contributed by atoms with Gasteiger partial charge in [0, 0.05) is 6.04 Å². The SMILES string of the molecule is CCCN(CC)CCC(N)c1ccc(C)cc1. The fourth-order valence-electron chi connectivity index (χ4n) is 2.05. The first-order valence-electron chi connectivity index (χ1n) is 6.71.